The van der Waals surface area contributed by atoms with Gasteiger partial charge in [0.15, 0.2) is 5.16 Å². The molecule has 0 atom stereocenters. The molecule has 174 valence electrons. The molecule has 0 aliphatic carbocycles. The van der Waals surface area contributed by atoms with Gasteiger partial charge in [0, 0.05) is 22.9 Å². The molecule has 0 bridgehead atoms. The summed E-state index contributed by atoms with van der Waals surface area (Å²) in [6.45, 7) is 2.27. The first kappa shape index (κ1) is 24.6. The number of amides is 2. The summed E-state index contributed by atoms with van der Waals surface area (Å²) in [5, 5.41) is 14.1. The van der Waals surface area contributed by atoms with Gasteiger partial charge in [0.25, 0.3) is 0 Å². The topological polar surface area (TPSA) is 88.9 Å². The second-order valence-electron chi connectivity index (χ2n) is 6.79. The number of anilines is 2. The lowest BCUT2D eigenvalue weighted by atomic mass is 10.2. The van der Waals surface area contributed by atoms with Gasteiger partial charge in [0.2, 0.25) is 11.8 Å². The number of nitrogens with one attached hydrogen (secondary N) is 2. The molecular weight excluding hydrogens is 479 g/mol. The van der Waals surface area contributed by atoms with Crippen molar-refractivity contribution < 1.29 is 22.8 Å². The molecule has 0 fully saturated rings. The molecule has 1 heterocycles. The number of aromatic nitrogens is 3. The molecule has 3 rings (SSSR count). The summed E-state index contributed by atoms with van der Waals surface area (Å²) >= 11 is 7.05. The second-order valence-corrected chi connectivity index (χ2v) is 8.17. The molecule has 1 aromatic heterocycles. The first-order valence-corrected chi connectivity index (χ1v) is 11.1. The van der Waals surface area contributed by atoms with Crippen molar-refractivity contribution in [2.24, 2.45) is 0 Å². The van der Waals surface area contributed by atoms with Crippen molar-refractivity contribution in [3.63, 3.8) is 0 Å². The van der Waals surface area contributed by atoms with E-state index >= 15 is 0 Å². The van der Waals surface area contributed by atoms with Crippen LogP contribution < -0.4 is 10.6 Å². The fourth-order valence-corrected chi connectivity index (χ4v) is 3.90. The van der Waals surface area contributed by atoms with Gasteiger partial charge in [-0.15, -0.1) is 10.2 Å². The zero-order valence-corrected chi connectivity index (χ0v) is 18.9. The van der Waals surface area contributed by atoms with Crippen LogP contribution in [0, 0.1) is 0 Å². The molecule has 0 saturated heterocycles. The number of hydrogen-bond donors (Lipinski definition) is 2. The number of halogens is 4. The minimum atomic E-state index is -4.51. The molecule has 33 heavy (non-hydrogen) atoms. The van der Waals surface area contributed by atoms with Crippen LogP contribution in [0.2, 0.25) is 5.02 Å². The van der Waals surface area contributed by atoms with E-state index in [-0.39, 0.29) is 23.8 Å². The lowest BCUT2D eigenvalue weighted by molar-refractivity contribution is -0.137. The number of carbonyl (C=O) groups is 2. The normalized spacial score (nSPS) is 11.3. The smallest absolute Gasteiger partial charge is 0.326 e. The van der Waals surface area contributed by atoms with Crippen LogP contribution in [0.5, 0.6) is 0 Å². The molecule has 2 aromatic carbocycles. The van der Waals surface area contributed by atoms with Crippen molar-refractivity contribution >= 4 is 46.6 Å². The second kappa shape index (κ2) is 10.7. The Kier molecular flexibility index (Phi) is 7.98. The number of hydrogen-bond acceptors (Lipinski definition) is 5. The average molecular weight is 498 g/mol. The molecular formula is C21H19ClF3N5O2S. The predicted octanol–water partition coefficient (Wildman–Crippen LogP) is 4.88. The highest BCUT2D eigenvalue weighted by Gasteiger charge is 2.30. The van der Waals surface area contributed by atoms with Crippen molar-refractivity contribution in [1.29, 1.82) is 0 Å². The van der Waals surface area contributed by atoms with Gasteiger partial charge in [-0.05, 0) is 43.3 Å². The molecule has 0 aliphatic rings. The zero-order valence-electron chi connectivity index (χ0n) is 17.3. The average Bonchev–Trinajstić information content (AvgIpc) is 3.13. The van der Waals surface area contributed by atoms with Gasteiger partial charge >= 0.3 is 6.18 Å². The van der Waals surface area contributed by atoms with Crippen molar-refractivity contribution in [3.05, 3.63) is 64.9 Å². The van der Waals surface area contributed by atoms with Crippen molar-refractivity contribution in [3.8, 4) is 0 Å². The van der Waals surface area contributed by atoms with E-state index in [1.165, 1.54) is 12.1 Å². The minimum Gasteiger partial charge on any atom is -0.326 e. The maximum atomic E-state index is 12.9. The number of benzene rings is 2. The SMILES string of the molecule is CCn1c(CC(=O)Nc2cccc(C(F)(F)F)c2)nnc1SCC(=O)Nc1cccc(Cl)c1. The molecule has 3 aromatic rings. The van der Waals surface area contributed by atoms with Gasteiger partial charge in [0.1, 0.15) is 5.82 Å². The minimum absolute atomic E-state index is 0.0321. The lowest BCUT2D eigenvalue weighted by Crippen LogP contribution is -2.18. The molecule has 2 N–H and O–H groups in total. The summed E-state index contributed by atoms with van der Waals surface area (Å²) < 4.78 is 40.2. The van der Waals surface area contributed by atoms with E-state index < -0.39 is 17.6 Å². The Morgan fingerprint density at radius 2 is 1.70 bits per heavy atom. The van der Waals surface area contributed by atoms with E-state index in [1.54, 1.807) is 28.8 Å². The maximum Gasteiger partial charge on any atom is 0.416 e. The summed E-state index contributed by atoms with van der Waals surface area (Å²) in [5.74, 6) is -0.413. The van der Waals surface area contributed by atoms with Gasteiger partial charge in [-0.2, -0.15) is 13.2 Å². The van der Waals surface area contributed by atoms with E-state index in [9.17, 15) is 22.8 Å². The molecule has 0 spiro atoms. The highest BCUT2D eigenvalue weighted by atomic mass is 35.5. The number of nitrogens with zero attached hydrogens (tertiary/aromatic N) is 3. The van der Waals surface area contributed by atoms with E-state index in [0.29, 0.717) is 28.2 Å². The molecule has 12 heteroatoms. The highest BCUT2D eigenvalue weighted by Crippen LogP contribution is 2.30. The van der Waals surface area contributed by atoms with Crippen molar-refractivity contribution in [2.75, 3.05) is 16.4 Å². The van der Waals surface area contributed by atoms with Crippen LogP contribution in [0.15, 0.2) is 53.7 Å². The first-order valence-electron chi connectivity index (χ1n) is 9.73. The quantitative estimate of drug-likeness (QED) is 0.433. The Labute approximate surface area is 196 Å². The van der Waals surface area contributed by atoms with E-state index in [0.717, 1.165) is 23.9 Å². The number of alkyl halides is 3. The summed E-state index contributed by atoms with van der Waals surface area (Å²) in [5.41, 5.74) is -0.256. The summed E-state index contributed by atoms with van der Waals surface area (Å²) in [6.07, 6.45) is -4.69. The van der Waals surface area contributed by atoms with Crippen LogP contribution in [0.25, 0.3) is 0 Å². The lowest BCUT2D eigenvalue weighted by Gasteiger charge is -2.10. The number of thioether (sulfide) groups is 1. The molecule has 0 aliphatic heterocycles. The molecule has 0 saturated carbocycles. The molecule has 0 unspecified atom stereocenters. The first-order chi connectivity index (χ1) is 15.7. The number of rotatable bonds is 8. The Morgan fingerprint density at radius 3 is 2.36 bits per heavy atom. The third-order valence-corrected chi connectivity index (χ3v) is 5.54. The van der Waals surface area contributed by atoms with Gasteiger partial charge in [0.05, 0.1) is 17.7 Å². The Hall–Kier alpha value is -3.05. The zero-order chi connectivity index (χ0) is 24.0. The third-order valence-electron chi connectivity index (χ3n) is 4.34. The van der Waals surface area contributed by atoms with Crippen LogP contribution in [0.1, 0.15) is 18.3 Å². The molecule has 7 nitrogen and oxygen atoms in total. The maximum absolute atomic E-state index is 12.9. The fraction of sp³-hybridized carbons (Fsp3) is 0.238. The van der Waals surface area contributed by atoms with Crippen LogP contribution >= 0.6 is 23.4 Å². The van der Waals surface area contributed by atoms with Crippen LogP contribution in [-0.2, 0) is 28.7 Å². The number of carbonyl (C=O) groups excluding carboxylic acids is 2. The molecule has 0 radical (unpaired) electrons. The predicted molar refractivity (Wildman–Crippen MR) is 120 cm³/mol. The Bertz CT molecular complexity index is 1150. The van der Waals surface area contributed by atoms with E-state index in [2.05, 4.69) is 20.8 Å². The van der Waals surface area contributed by atoms with E-state index in [4.69, 9.17) is 11.6 Å². The largest absolute Gasteiger partial charge is 0.416 e. The van der Waals surface area contributed by atoms with Crippen molar-refractivity contribution in [2.45, 2.75) is 31.2 Å². The Morgan fingerprint density at radius 1 is 1.03 bits per heavy atom. The van der Waals surface area contributed by atoms with Crippen LogP contribution in [-0.4, -0.2) is 32.3 Å². The third kappa shape index (κ3) is 6.96. The summed E-state index contributed by atoms with van der Waals surface area (Å²) in [7, 11) is 0. The standard InChI is InChI=1S/C21H19ClF3N5O2S/c1-2-30-17(11-18(31)26-15-7-3-5-13(9-15)21(23,24)25)28-29-20(30)33-12-19(32)27-16-8-4-6-14(22)10-16/h3-10H,2,11-12H2,1H3,(H,26,31)(H,27,32). The van der Waals surface area contributed by atoms with Gasteiger partial charge in [-0.25, -0.2) is 0 Å². The summed E-state index contributed by atoms with van der Waals surface area (Å²) in [6, 6.07) is 11.1. The fourth-order valence-electron chi connectivity index (χ4n) is 2.89. The van der Waals surface area contributed by atoms with Gasteiger partial charge < -0.3 is 15.2 Å². The monoisotopic (exact) mass is 497 g/mol. The van der Waals surface area contributed by atoms with Gasteiger partial charge in [-0.3, -0.25) is 9.59 Å². The molecule has 2 amide bonds. The Balaban J connectivity index is 1.59. The van der Waals surface area contributed by atoms with Crippen LogP contribution in [0.4, 0.5) is 24.5 Å². The van der Waals surface area contributed by atoms with E-state index in [1.807, 2.05) is 6.92 Å². The summed E-state index contributed by atoms with van der Waals surface area (Å²) in [4.78, 5) is 24.6. The van der Waals surface area contributed by atoms with Crippen molar-refractivity contribution in [1.82, 2.24) is 14.8 Å². The van der Waals surface area contributed by atoms with Crippen LogP contribution in [0.3, 0.4) is 0 Å². The van der Waals surface area contributed by atoms with Gasteiger partial charge in [-0.1, -0.05) is 35.5 Å². The highest BCUT2D eigenvalue weighted by molar-refractivity contribution is 7.99.